The van der Waals surface area contributed by atoms with Gasteiger partial charge in [-0.3, -0.25) is 9.89 Å². The molecule has 0 aliphatic carbocycles. The molecule has 0 bridgehead atoms. The van der Waals surface area contributed by atoms with Gasteiger partial charge in [-0.15, -0.1) is 24.0 Å². The maximum absolute atomic E-state index is 12.6. The van der Waals surface area contributed by atoms with Gasteiger partial charge in [-0.05, 0) is 21.0 Å². The highest BCUT2D eigenvalue weighted by atomic mass is 127. The standard InChI is InChI=1S/C18H33N7O3S.HI/c1-4-19-18(20-13-17-14-22(2)6-7-23(17)3)24-8-10-25(11-9-24)29(26,27)15-16-5-12-28-21-16;/h5,12,17H,4,6-11,13-15H2,1-3H3,(H,19,20);1H. The quantitative estimate of drug-likeness (QED) is 0.297. The average molecular weight is 555 g/mol. The number of hydrogen-bond acceptors (Lipinski definition) is 7. The molecule has 0 radical (unpaired) electrons. The van der Waals surface area contributed by atoms with E-state index in [1.807, 2.05) is 0 Å². The fourth-order valence-electron chi connectivity index (χ4n) is 3.68. The minimum atomic E-state index is -3.40. The van der Waals surface area contributed by atoms with Crippen LogP contribution in [0.25, 0.3) is 0 Å². The van der Waals surface area contributed by atoms with Crippen molar-refractivity contribution in [1.29, 1.82) is 0 Å². The maximum Gasteiger partial charge on any atom is 0.220 e. The number of piperazine rings is 2. The maximum atomic E-state index is 12.6. The molecule has 2 aliphatic heterocycles. The number of nitrogens with zero attached hydrogens (tertiary/aromatic N) is 6. The Bertz CT molecular complexity index is 767. The van der Waals surface area contributed by atoms with Gasteiger partial charge in [-0.25, -0.2) is 8.42 Å². The van der Waals surface area contributed by atoms with E-state index in [4.69, 9.17) is 9.52 Å². The average Bonchev–Trinajstić information content (AvgIpc) is 3.20. The summed E-state index contributed by atoms with van der Waals surface area (Å²) in [6, 6.07) is 1.98. The predicted octanol–water partition coefficient (Wildman–Crippen LogP) is -0.0487. The summed E-state index contributed by atoms with van der Waals surface area (Å²) >= 11 is 0. The van der Waals surface area contributed by atoms with E-state index in [0.717, 1.165) is 38.7 Å². The molecule has 1 aromatic heterocycles. The second-order valence-electron chi connectivity index (χ2n) is 7.72. The summed E-state index contributed by atoms with van der Waals surface area (Å²) < 4.78 is 31.5. The first-order valence-corrected chi connectivity index (χ1v) is 11.8. The normalized spacial score (nSPS) is 22.7. The van der Waals surface area contributed by atoms with Crippen molar-refractivity contribution < 1.29 is 12.9 Å². The molecular weight excluding hydrogens is 521 g/mol. The molecule has 1 atom stereocenters. The zero-order valence-electron chi connectivity index (χ0n) is 18.0. The number of sulfonamides is 1. The van der Waals surface area contributed by atoms with Crippen molar-refractivity contribution in [2.45, 2.75) is 18.7 Å². The molecule has 0 saturated carbocycles. The van der Waals surface area contributed by atoms with Gasteiger partial charge in [-0.2, -0.15) is 4.31 Å². The molecule has 0 spiro atoms. The summed E-state index contributed by atoms with van der Waals surface area (Å²) in [7, 11) is 0.899. The van der Waals surface area contributed by atoms with E-state index in [1.165, 1.54) is 10.6 Å². The molecule has 3 heterocycles. The first-order valence-electron chi connectivity index (χ1n) is 10.2. The van der Waals surface area contributed by atoms with Crippen LogP contribution in [0.2, 0.25) is 0 Å². The number of guanidine groups is 1. The van der Waals surface area contributed by atoms with Crippen LogP contribution < -0.4 is 5.32 Å². The lowest BCUT2D eigenvalue weighted by atomic mass is 10.2. The third-order valence-electron chi connectivity index (χ3n) is 5.52. The van der Waals surface area contributed by atoms with Crippen LogP contribution in [0, 0.1) is 0 Å². The first-order chi connectivity index (χ1) is 13.9. The van der Waals surface area contributed by atoms with Gasteiger partial charge in [0, 0.05) is 64.5 Å². The van der Waals surface area contributed by atoms with Gasteiger partial charge in [0.05, 0.1) is 12.2 Å². The number of halogens is 1. The smallest absolute Gasteiger partial charge is 0.220 e. The SMILES string of the molecule is CCNC(=NCC1CN(C)CCN1C)N1CCN(S(=O)(=O)Cc2ccon2)CC1.I. The fourth-order valence-corrected chi connectivity index (χ4v) is 5.11. The van der Waals surface area contributed by atoms with Crippen LogP contribution in [0.4, 0.5) is 0 Å². The van der Waals surface area contributed by atoms with E-state index in [-0.39, 0.29) is 29.7 Å². The molecule has 1 unspecified atom stereocenters. The molecule has 0 amide bonds. The lowest BCUT2D eigenvalue weighted by molar-refractivity contribution is 0.119. The summed E-state index contributed by atoms with van der Waals surface area (Å²) in [6.07, 6.45) is 1.39. The Morgan fingerprint density at radius 1 is 1.23 bits per heavy atom. The van der Waals surface area contributed by atoms with Gasteiger partial charge in [0.15, 0.2) is 5.96 Å². The van der Waals surface area contributed by atoms with Crippen LogP contribution in [0.3, 0.4) is 0 Å². The molecule has 172 valence electrons. The molecule has 0 aromatic carbocycles. The van der Waals surface area contributed by atoms with Crippen LogP contribution in [0.1, 0.15) is 12.6 Å². The largest absolute Gasteiger partial charge is 0.364 e. The van der Waals surface area contributed by atoms with Gasteiger partial charge in [0.1, 0.15) is 12.0 Å². The first kappa shape index (κ1) is 25.3. The fraction of sp³-hybridized carbons (Fsp3) is 0.778. The topological polar surface area (TPSA) is 97.5 Å². The minimum absolute atomic E-state index is 0. The highest BCUT2D eigenvalue weighted by Crippen LogP contribution is 2.13. The monoisotopic (exact) mass is 555 g/mol. The molecule has 10 nitrogen and oxygen atoms in total. The van der Waals surface area contributed by atoms with E-state index >= 15 is 0 Å². The summed E-state index contributed by atoms with van der Waals surface area (Å²) in [5.41, 5.74) is 0.434. The lowest BCUT2D eigenvalue weighted by Gasteiger charge is -2.38. The molecule has 1 N–H and O–H groups in total. The number of aromatic nitrogens is 1. The summed E-state index contributed by atoms with van der Waals surface area (Å²) in [5, 5.41) is 7.08. The number of likely N-dealkylation sites (N-methyl/N-ethyl adjacent to an activating group) is 2. The van der Waals surface area contributed by atoms with Gasteiger partial charge in [-0.1, -0.05) is 5.16 Å². The van der Waals surface area contributed by atoms with Crippen molar-refractivity contribution in [3.05, 3.63) is 18.0 Å². The number of aliphatic imine (C=N–C) groups is 1. The van der Waals surface area contributed by atoms with Crippen molar-refractivity contribution in [3.8, 4) is 0 Å². The van der Waals surface area contributed by atoms with Crippen LogP contribution in [-0.2, 0) is 15.8 Å². The van der Waals surface area contributed by atoms with Gasteiger partial charge in [0.2, 0.25) is 10.0 Å². The van der Waals surface area contributed by atoms with E-state index in [2.05, 4.69) is 46.2 Å². The zero-order chi connectivity index (χ0) is 20.9. The summed E-state index contributed by atoms with van der Waals surface area (Å²) in [6.45, 7) is 8.82. The van der Waals surface area contributed by atoms with Crippen LogP contribution >= 0.6 is 24.0 Å². The van der Waals surface area contributed by atoms with Crippen molar-refractivity contribution in [2.24, 2.45) is 4.99 Å². The molecular formula is C18H34IN7O3S. The Hall–Kier alpha value is -0.960. The van der Waals surface area contributed by atoms with Crippen LogP contribution in [0.15, 0.2) is 21.8 Å². The molecule has 30 heavy (non-hydrogen) atoms. The van der Waals surface area contributed by atoms with E-state index < -0.39 is 10.0 Å². The minimum Gasteiger partial charge on any atom is -0.364 e. The lowest BCUT2D eigenvalue weighted by Crippen LogP contribution is -2.55. The summed E-state index contributed by atoms with van der Waals surface area (Å²) in [5.74, 6) is 0.738. The predicted molar refractivity (Wildman–Crippen MR) is 128 cm³/mol. The Balaban J connectivity index is 0.00000320. The third kappa shape index (κ3) is 6.77. The molecule has 2 fully saturated rings. The van der Waals surface area contributed by atoms with E-state index in [9.17, 15) is 8.42 Å². The molecule has 3 rings (SSSR count). The molecule has 2 saturated heterocycles. The van der Waals surface area contributed by atoms with Crippen LogP contribution in [0.5, 0.6) is 0 Å². The van der Waals surface area contributed by atoms with Crippen molar-refractivity contribution >= 4 is 40.0 Å². The zero-order valence-corrected chi connectivity index (χ0v) is 21.2. The second kappa shape index (κ2) is 11.6. The van der Waals surface area contributed by atoms with Gasteiger partial charge < -0.3 is 19.6 Å². The summed E-state index contributed by atoms with van der Waals surface area (Å²) in [4.78, 5) is 11.7. The van der Waals surface area contributed by atoms with Gasteiger partial charge >= 0.3 is 0 Å². The number of rotatable bonds is 6. The Morgan fingerprint density at radius 2 is 1.97 bits per heavy atom. The molecule has 2 aliphatic rings. The highest BCUT2D eigenvalue weighted by Gasteiger charge is 2.29. The third-order valence-corrected chi connectivity index (χ3v) is 7.33. The van der Waals surface area contributed by atoms with E-state index in [0.29, 0.717) is 37.9 Å². The number of hydrogen-bond donors (Lipinski definition) is 1. The highest BCUT2D eigenvalue weighted by molar-refractivity contribution is 14.0. The van der Waals surface area contributed by atoms with E-state index in [1.54, 1.807) is 6.07 Å². The molecule has 1 aromatic rings. The van der Waals surface area contributed by atoms with Crippen LogP contribution in [-0.4, -0.2) is 118 Å². The Labute approximate surface area is 196 Å². The van der Waals surface area contributed by atoms with Crippen molar-refractivity contribution in [2.75, 3.05) is 73.0 Å². The number of nitrogens with one attached hydrogen (secondary N) is 1. The van der Waals surface area contributed by atoms with Crippen molar-refractivity contribution in [1.82, 2.24) is 29.5 Å². The second-order valence-corrected chi connectivity index (χ2v) is 9.69. The van der Waals surface area contributed by atoms with Crippen molar-refractivity contribution in [3.63, 3.8) is 0 Å². The Kier molecular flexibility index (Phi) is 9.78. The Morgan fingerprint density at radius 3 is 2.60 bits per heavy atom. The molecule has 12 heteroatoms. The van der Waals surface area contributed by atoms with Gasteiger partial charge in [0.25, 0.3) is 0 Å².